The molecule has 1 aromatic heterocycles. The Hall–Kier alpha value is -2.20. The number of rotatable bonds is 6. The van der Waals surface area contributed by atoms with E-state index >= 15 is 0 Å². The fraction of sp³-hybridized carbons (Fsp3) is 0.400. The van der Waals surface area contributed by atoms with Gasteiger partial charge in [0.05, 0.1) is 6.04 Å². The summed E-state index contributed by atoms with van der Waals surface area (Å²) in [5, 5.41) is 3.09. The lowest BCUT2D eigenvalue weighted by molar-refractivity contribution is -0.125. The molecule has 1 fully saturated rings. The predicted molar refractivity (Wildman–Crippen MR) is 95.6 cm³/mol. The Bertz CT molecular complexity index is 672. The van der Waals surface area contributed by atoms with Crippen LogP contribution < -0.4 is 5.32 Å². The molecule has 1 aliphatic rings. The number of amides is 1. The topological polar surface area (TPSA) is 45.2 Å². The first kappa shape index (κ1) is 16.7. The minimum absolute atomic E-state index is 0.00400. The van der Waals surface area contributed by atoms with Crippen molar-refractivity contribution in [3.05, 3.63) is 65.5 Å². The highest BCUT2D eigenvalue weighted by Gasteiger charge is 2.30. The Balaban J connectivity index is 1.50. The van der Waals surface area contributed by atoms with Gasteiger partial charge in [-0.3, -0.25) is 14.7 Å². The largest absolute Gasteiger partial charge is 0.354 e. The Kier molecular flexibility index (Phi) is 5.59. The molecule has 2 aromatic rings. The maximum absolute atomic E-state index is 12.5. The van der Waals surface area contributed by atoms with E-state index in [0.29, 0.717) is 6.54 Å². The fourth-order valence-corrected chi connectivity index (χ4v) is 3.30. The van der Waals surface area contributed by atoms with Crippen LogP contribution in [0.2, 0.25) is 0 Å². The molecular formula is C20H25N3O. The highest BCUT2D eigenvalue weighted by molar-refractivity contribution is 5.82. The van der Waals surface area contributed by atoms with Crippen molar-refractivity contribution in [2.45, 2.75) is 38.8 Å². The number of nitrogens with zero attached hydrogens (tertiary/aromatic N) is 2. The molecule has 1 aromatic carbocycles. The van der Waals surface area contributed by atoms with Crippen LogP contribution in [0.5, 0.6) is 0 Å². The van der Waals surface area contributed by atoms with E-state index in [0.717, 1.165) is 43.7 Å². The standard InChI is InChI=1S/C20H25N3O/c1-16-7-5-10-18(22-16)12-13-21-20(24)19-11-6-14-23(19)15-17-8-3-2-4-9-17/h2-5,7-10,19H,6,11-15H2,1H3,(H,21,24). The van der Waals surface area contributed by atoms with Gasteiger partial charge in [-0.1, -0.05) is 36.4 Å². The first-order chi connectivity index (χ1) is 11.7. The van der Waals surface area contributed by atoms with Crippen LogP contribution in [0, 0.1) is 6.92 Å². The Labute approximate surface area is 143 Å². The van der Waals surface area contributed by atoms with Crippen LogP contribution in [-0.4, -0.2) is 34.9 Å². The number of likely N-dealkylation sites (tertiary alicyclic amines) is 1. The van der Waals surface area contributed by atoms with Gasteiger partial charge in [-0.05, 0) is 44.0 Å². The average Bonchev–Trinajstić information content (AvgIpc) is 3.04. The molecular weight excluding hydrogens is 298 g/mol. The van der Waals surface area contributed by atoms with E-state index in [1.165, 1.54) is 5.56 Å². The van der Waals surface area contributed by atoms with Gasteiger partial charge in [-0.25, -0.2) is 0 Å². The number of aryl methyl sites for hydroxylation is 1. The van der Waals surface area contributed by atoms with Crippen LogP contribution in [0.1, 0.15) is 29.8 Å². The van der Waals surface area contributed by atoms with Gasteiger partial charge in [0.2, 0.25) is 5.91 Å². The zero-order valence-electron chi connectivity index (χ0n) is 14.2. The van der Waals surface area contributed by atoms with E-state index in [1.807, 2.05) is 31.2 Å². The molecule has 1 aliphatic heterocycles. The fourth-order valence-electron chi connectivity index (χ4n) is 3.30. The minimum Gasteiger partial charge on any atom is -0.354 e. The molecule has 1 unspecified atom stereocenters. The van der Waals surface area contributed by atoms with Crippen molar-refractivity contribution in [1.29, 1.82) is 0 Å². The van der Waals surface area contributed by atoms with E-state index in [4.69, 9.17) is 0 Å². The lowest BCUT2D eigenvalue weighted by atomic mass is 10.1. The summed E-state index contributed by atoms with van der Waals surface area (Å²) < 4.78 is 0. The van der Waals surface area contributed by atoms with Crippen LogP contribution in [-0.2, 0) is 17.8 Å². The lowest BCUT2D eigenvalue weighted by Crippen LogP contribution is -2.43. The number of carbonyl (C=O) groups is 1. The van der Waals surface area contributed by atoms with Crippen LogP contribution in [0.3, 0.4) is 0 Å². The number of benzene rings is 1. The first-order valence-corrected chi connectivity index (χ1v) is 8.70. The van der Waals surface area contributed by atoms with Crippen molar-refractivity contribution in [2.75, 3.05) is 13.1 Å². The van der Waals surface area contributed by atoms with Crippen molar-refractivity contribution in [3.63, 3.8) is 0 Å². The van der Waals surface area contributed by atoms with Gasteiger partial charge in [0.15, 0.2) is 0 Å². The third-order valence-electron chi connectivity index (χ3n) is 4.52. The van der Waals surface area contributed by atoms with Gasteiger partial charge in [-0.2, -0.15) is 0 Å². The van der Waals surface area contributed by atoms with E-state index in [1.54, 1.807) is 0 Å². The second-order valence-corrected chi connectivity index (χ2v) is 6.43. The molecule has 1 amide bonds. The summed E-state index contributed by atoms with van der Waals surface area (Å²) in [5.41, 5.74) is 3.31. The summed E-state index contributed by atoms with van der Waals surface area (Å²) in [6.07, 6.45) is 2.81. The maximum Gasteiger partial charge on any atom is 0.237 e. The van der Waals surface area contributed by atoms with Gasteiger partial charge in [0.1, 0.15) is 0 Å². The summed E-state index contributed by atoms with van der Waals surface area (Å²) in [7, 11) is 0. The van der Waals surface area contributed by atoms with E-state index in [-0.39, 0.29) is 11.9 Å². The van der Waals surface area contributed by atoms with Crippen LogP contribution >= 0.6 is 0 Å². The minimum atomic E-state index is -0.00400. The number of carbonyl (C=O) groups excluding carboxylic acids is 1. The molecule has 1 N–H and O–H groups in total. The number of pyridine rings is 1. The second kappa shape index (κ2) is 8.06. The molecule has 0 bridgehead atoms. The van der Waals surface area contributed by atoms with Crippen molar-refractivity contribution >= 4 is 5.91 Å². The quantitative estimate of drug-likeness (QED) is 0.889. The number of hydrogen-bond donors (Lipinski definition) is 1. The predicted octanol–water partition coefficient (Wildman–Crippen LogP) is 2.71. The van der Waals surface area contributed by atoms with Gasteiger partial charge in [0, 0.05) is 30.9 Å². The van der Waals surface area contributed by atoms with Crippen LogP contribution in [0.4, 0.5) is 0 Å². The van der Waals surface area contributed by atoms with Crippen LogP contribution in [0.15, 0.2) is 48.5 Å². The molecule has 4 nitrogen and oxygen atoms in total. The van der Waals surface area contributed by atoms with Gasteiger partial charge < -0.3 is 5.32 Å². The third kappa shape index (κ3) is 4.42. The molecule has 1 atom stereocenters. The molecule has 3 rings (SSSR count). The summed E-state index contributed by atoms with van der Waals surface area (Å²) in [6, 6.07) is 16.4. The van der Waals surface area contributed by atoms with Gasteiger partial charge in [-0.15, -0.1) is 0 Å². The SMILES string of the molecule is Cc1cccc(CCNC(=O)C2CCCN2Cc2ccccc2)n1. The molecule has 4 heteroatoms. The van der Waals surface area contributed by atoms with E-state index < -0.39 is 0 Å². The molecule has 2 heterocycles. The van der Waals surface area contributed by atoms with Crippen molar-refractivity contribution < 1.29 is 4.79 Å². The zero-order chi connectivity index (χ0) is 16.8. The summed E-state index contributed by atoms with van der Waals surface area (Å²) in [4.78, 5) is 19.3. The maximum atomic E-state index is 12.5. The molecule has 0 saturated carbocycles. The third-order valence-corrected chi connectivity index (χ3v) is 4.52. The lowest BCUT2D eigenvalue weighted by Gasteiger charge is -2.23. The van der Waals surface area contributed by atoms with Gasteiger partial charge in [0.25, 0.3) is 0 Å². The zero-order valence-corrected chi connectivity index (χ0v) is 14.2. The van der Waals surface area contributed by atoms with Gasteiger partial charge >= 0.3 is 0 Å². The molecule has 0 aliphatic carbocycles. The normalized spacial score (nSPS) is 17.8. The smallest absolute Gasteiger partial charge is 0.237 e. The molecule has 126 valence electrons. The number of hydrogen-bond acceptors (Lipinski definition) is 3. The molecule has 1 saturated heterocycles. The number of aromatic nitrogens is 1. The highest BCUT2D eigenvalue weighted by Crippen LogP contribution is 2.20. The van der Waals surface area contributed by atoms with Crippen molar-refractivity contribution in [2.24, 2.45) is 0 Å². The molecule has 0 radical (unpaired) electrons. The Morgan fingerprint density at radius 3 is 2.83 bits per heavy atom. The number of nitrogens with one attached hydrogen (secondary N) is 1. The van der Waals surface area contributed by atoms with Crippen LogP contribution in [0.25, 0.3) is 0 Å². The van der Waals surface area contributed by atoms with Crippen molar-refractivity contribution in [1.82, 2.24) is 15.2 Å². The van der Waals surface area contributed by atoms with Crippen molar-refractivity contribution in [3.8, 4) is 0 Å². The Morgan fingerprint density at radius 1 is 1.21 bits per heavy atom. The first-order valence-electron chi connectivity index (χ1n) is 8.70. The monoisotopic (exact) mass is 323 g/mol. The van der Waals surface area contributed by atoms with E-state index in [9.17, 15) is 4.79 Å². The average molecular weight is 323 g/mol. The summed E-state index contributed by atoms with van der Waals surface area (Å²) in [6.45, 7) is 4.47. The van der Waals surface area contributed by atoms with E-state index in [2.05, 4.69) is 39.5 Å². The highest BCUT2D eigenvalue weighted by atomic mass is 16.2. The second-order valence-electron chi connectivity index (χ2n) is 6.43. The summed E-state index contributed by atoms with van der Waals surface area (Å²) >= 11 is 0. The summed E-state index contributed by atoms with van der Waals surface area (Å²) in [5.74, 6) is 0.149. The molecule has 24 heavy (non-hydrogen) atoms. The molecule has 0 spiro atoms. The Morgan fingerprint density at radius 2 is 2.04 bits per heavy atom.